The van der Waals surface area contributed by atoms with Crippen LogP contribution in [0.15, 0.2) is 58.9 Å². The number of carbonyl (C=O) groups excluding carboxylic acids is 2. The first-order valence-corrected chi connectivity index (χ1v) is 9.56. The average molecular weight is 348 g/mol. The standard InChI is InChI=1S/C23H24O3/c1-14-6-8-15(9-7-14)16-10-12-17(13-11-16)20-21(24)18-4-2-3-5-19(18)22(25)23(20)26/h4-9,16-17,24H,2-3,10-13H2,1H3. The van der Waals surface area contributed by atoms with E-state index in [9.17, 15) is 14.7 Å². The molecule has 0 heterocycles. The zero-order valence-corrected chi connectivity index (χ0v) is 15.1. The number of benzene rings is 1. The van der Waals surface area contributed by atoms with E-state index in [0.717, 1.165) is 38.5 Å². The van der Waals surface area contributed by atoms with Crippen molar-refractivity contribution in [3.63, 3.8) is 0 Å². The Morgan fingerprint density at radius 2 is 1.38 bits per heavy atom. The molecule has 0 bridgehead atoms. The van der Waals surface area contributed by atoms with Gasteiger partial charge >= 0.3 is 0 Å². The Morgan fingerprint density at radius 3 is 2.04 bits per heavy atom. The molecule has 4 rings (SSSR count). The normalized spacial score (nSPS) is 26.3. The van der Waals surface area contributed by atoms with Crippen LogP contribution < -0.4 is 0 Å². The maximum Gasteiger partial charge on any atom is 0.233 e. The maximum absolute atomic E-state index is 12.6. The van der Waals surface area contributed by atoms with Crippen molar-refractivity contribution in [2.45, 2.75) is 51.4 Å². The summed E-state index contributed by atoms with van der Waals surface area (Å²) >= 11 is 0. The van der Waals surface area contributed by atoms with E-state index in [-0.39, 0.29) is 11.7 Å². The Hall–Kier alpha value is -2.42. The van der Waals surface area contributed by atoms with Crippen LogP contribution in [0.1, 0.15) is 55.6 Å². The Kier molecular flexibility index (Phi) is 4.39. The fourth-order valence-electron chi connectivity index (χ4n) is 4.54. The number of hydrogen-bond donors (Lipinski definition) is 1. The lowest BCUT2D eigenvalue weighted by Gasteiger charge is -2.32. The first kappa shape index (κ1) is 17.0. The van der Waals surface area contributed by atoms with Crippen LogP contribution in [0, 0.1) is 12.8 Å². The molecule has 134 valence electrons. The smallest absolute Gasteiger partial charge is 0.233 e. The number of aliphatic hydroxyl groups is 1. The predicted octanol–water partition coefficient (Wildman–Crippen LogP) is 4.88. The van der Waals surface area contributed by atoms with E-state index in [2.05, 4.69) is 31.2 Å². The van der Waals surface area contributed by atoms with Gasteiger partial charge in [0.05, 0.1) is 0 Å². The van der Waals surface area contributed by atoms with Gasteiger partial charge in [0.15, 0.2) is 0 Å². The molecule has 0 saturated heterocycles. The third-order valence-corrected chi connectivity index (χ3v) is 6.04. The molecule has 1 aromatic carbocycles. The van der Waals surface area contributed by atoms with Crippen LogP contribution in [0.2, 0.25) is 0 Å². The summed E-state index contributed by atoms with van der Waals surface area (Å²) in [6, 6.07) is 8.66. The Labute approximate surface area is 154 Å². The lowest BCUT2D eigenvalue weighted by molar-refractivity contribution is -0.132. The molecule has 1 N–H and O–H groups in total. The van der Waals surface area contributed by atoms with Gasteiger partial charge in [0.2, 0.25) is 11.6 Å². The molecular weight excluding hydrogens is 324 g/mol. The van der Waals surface area contributed by atoms with Crippen molar-refractivity contribution in [3.05, 3.63) is 70.0 Å². The van der Waals surface area contributed by atoms with Crippen molar-refractivity contribution in [2.24, 2.45) is 5.92 Å². The van der Waals surface area contributed by atoms with Gasteiger partial charge in [-0.1, -0.05) is 42.0 Å². The van der Waals surface area contributed by atoms with Gasteiger partial charge < -0.3 is 5.11 Å². The van der Waals surface area contributed by atoms with Crippen LogP contribution in [0.3, 0.4) is 0 Å². The second-order valence-corrected chi connectivity index (χ2v) is 7.69. The summed E-state index contributed by atoms with van der Waals surface area (Å²) in [5.41, 5.74) is 3.95. The van der Waals surface area contributed by atoms with E-state index in [1.165, 1.54) is 11.1 Å². The summed E-state index contributed by atoms with van der Waals surface area (Å²) in [6.07, 6.45) is 8.87. The Bertz CT molecular complexity index is 844. The molecule has 1 saturated carbocycles. The quantitative estimate of drug-likeness (QED) is 0.775. The van der Waals surface area contributed by atoms with E-state index in [4.69, 9.17) is 0 Å². The van der Waals surface area contributed by atoms with Gasteiger partial charge in [-0.3, -0.25) is 9.59 Å². The Morgan fingerprint density at radius 1 is 0.808 bits per heavy atom. The van der Waals surface area contributed by atoms with Crippen molar-refractivity contribution < 1.29 is 14.7 Å². The van der Waals surface area contributed by atoms with Crippen molar-refractivity contribution >= 4 is 11.6 Å². The predicted molar refractivity (Wildman–Crippen MR) is 101 cm³/mol. The molecule has 0 atom stereocenters. The lowest BCUT2D eigenvalue weighted by atomic mass is 9.71. The van der Waals surface area contributed by atoms with Gasteiger partial charge in [0, 0.05) is 16.7 Å². The molecule has 0 amide bonds. The van der Waals surface area contributed by atoms with Crippen LogP contribution in [-0.2, 0) is 9.59 Å². The van der Waals surface area contributed by atoms with E-state index < -0.39 is 11.6 Å². The van der Waals surface area contributed by atoms with Crippen molar-refractivity contribution in [1.82, 2.24) is 0 Å². The third kappa shape index (κ3) is 2.86. The molecule has 3 aliphatic carbocycles. The number of ketones is 2. The van der Waals surface area contributed by atoms with Crippen LogP contribution in [-0.4, -0.2) is 16.7 Å². The number of aliphatic hydroxyl groups excluding tert-OH is 1. The summed E-state index contributed by atoms with van der Waals surface area (Å²) in [5.74, 6) is -0.402. The fraction of sp³-hybridized carbons (Fsp3) is 0.391. The van der Waals surface area contributed by atoms with Crippen LogP contribution in [0.4, 0.5) is 0 Å². The molecule has 3 nitrogen and oxygen atoms in total. The lowest BCUT2D eigenvalue weighted by Crippen LogP contribution is -2.32. The first-order chi connectivity index (χ1) is 12.6. The second-order valence-electron chi connectivity index (χ2n) is 7.69. The van der Waals surface area contributed by atoms with Gasteiger partial charge in [0.25, 0.3) is 0 Å². The van der Waals surface area contributed by atoms with Gasteiger partial charge in [0.1, 0.15) is 5.76 Å². The number of Topliss-reactive ketones (excluding diaryl/α,β-unsaturated/α-hetero) is 2. The molecule has 26 heavy (non-hydrogen) atoms. The van der Waals surface area contributed by atoms with Crippen LogP contribution in [0.25, 0.3) is 0 Å². The van der Waals surface area contributed by atoms with Crippen molar-refractivity contribution in [3.8, 4) is 0 Å². The molecule has 0 unspecified atom stereocenters. The summed E-state index contributed by atoms with van der Waals surface area (Å²) in [5, 5.41) is 10.7. The number of allylic oxidation sites excluding steroid dienone is 4. The SMILES string of the molecule is Cc1ccc(C2CCC(C3=C(O)C4=CCCC=C4C(=O)C3=O)CC2)cc1. The molecule has 0 aliphatic heterocycles. The van der Waals surface area contributed by atoms with E-state index in [1.54, 1.807) is 6.08 Å². The molecule has 0 spiro atoms. The monoisotopic (exact) mass is 348 g/mol. The fourth-order valence-corrected chi connectivity index (χ4v) is 4.54. The summed E-state index contributed by atoms with van der Waals surface area (Å²) < 4.78 is 0. The van der Waals surface area contributed by atoms with Crippen LogP contribution in [0.5, 0.6) is 0 Å². The molecular formula is C23H24O3. The maximum atomic E-state index is 12.6. The number of rotatable bonds is 2. The minimum atomic E-state index is -0.494. The topological polar surface area (TPSA) is 54.4 Å². The molecule has 1 aromatic rings. The highest BCUT2D eigenvalue weighted by atomic mass is 16.3. The van der Waals surface area contributed by atoms with E-state index in [0.29, 0.717) is 22.6 Å². The van der Waals surface area contributed by atoms with Crippen molar-refractivity contribution in [2.75, 3.05) is 0 Å². The molecule has 3 aliphatic rings. The largest absolute Gasteiger partial charge is 0.507 e. The number of fused-ring (bicyclic) bond motifs is 1. The summed E-state index contributed by atoms with van der Waals surface area (Å²) in [6.45, 7) is 2.09. The minimum Gasteiger partial charge on any atom is -0.507 e. The van der Waals surface area contributed by atoms with Crippen molar-refractivity contribution in [1.29, 1.82) is 0 Å². The Balaban J connectivity index is 1.56. The highest BCUT2D eigenvalue weighted by Crippen LogP contribution is 2.43. The van der Waals surface area contributed by atoms with Gasteiger partial charge in [-0.2, -0.15) is 0 Å². The van der Waals surface area contributed by atoms with Gasteiger partial charge in [-0.05, 0) is 62.8 Å². The average Bonchev–Trinajstić information content (AvgIpc) is 2.68. The zero-order chi connectivity index (χ0) is 18.3. The number of carbonyl (C=O) groups is 2. The van der Waals surface area contributed by atoms with E-state index in [1.807, 2.05) is 6.08 Å². The molecule has 3 heteroatoms. The highest BCUT2D eigenvalue weighted by molar-refractivity contribution is 6.51. The molecule has 1 fully saturated rings. The second kappa shape index (κ2) is 6.71. The highest BCUT2D eigenvalue weighted by Gasteiger charge is 2.40. The summed E-state index contributed by atoms with van der Waals surface area (Å²) in [7, 11) is 0. The van der Waals surface area contributed by atoms with Crippen LogP contribution >= 0.6 is 0 Å². The van der Waals surface area contributed by atoms with Gasteiger partial charge in [-0.25, -0.2) is 0 Å². The minimum absolute atomic E-state index is 0.0162. The van der Waals surface area contributed by atoms with Gasteiger partial charge in [-0.15, -0.1) is 0 Å². The summed E-state index contributed by atoms with van der Waals surface area (Å²) in [4.78, 5) is 25.1. The third-order valence-electron chi connectivity index (χ3n) is 6.04. The zero-order valence-electron chi connectivity index (χ0n) is 15.1. The number of hydrogen-bond acceptors (Lipinski definition) is 3. The number of aryl methyl sites for hydroxylation is 1. The van der Waals surface area contributed by atoms with E-state index >= 15 is 0 Å². The molecule has 0 aromatic heterocycles. The molecule has 0 radical (unpaired) electrons. The first-order valence-electron chi connectivity index (χ1n) is 9.56.